The van der Waals surface area contributed by atoms with Gasteiger partial charge in [0, 0.05) is 12.1 Å². The molecule has 0 aromatic carbocycles. The highest BCUT2D eigenvalue weighted by Crippen LogP contribution is 2.24. The molecule has 1 heterocycles. The van der Waals surface area contributed by atoms with Crippen LogP contribution in [0.5, 0.6) is 0 Å². The molecular weight excluding hydrogens is 330 g/mol. The number of carbonyl (C=O) groups excluding carboxylic acids is 2. The van der Waals surface area contributed by atoms with Crippen molar-refractivity contribution in [1.29, 1.82) is 0 Å². The van der Waals surface area contributed by atoms with E-state index in [4.69, 9.17) is 21.1 Å². The summed E-state index contributed by atoms with van der Waals surface area (Å²) in [5, 5.41) is 3.06. The highest BCUT2D eigenvalue weighted by molar-refractivity contribution is 6.17. The van der Waals surface area contributed by atoms with E-state index in [1.54, 1.807) is 26.0 Å². The van der Waals surface area contributed by atoms with Gasteiger partial charge in [0.2, 0.25) is 0 Å². The number of hydrogen-bond donors (Lipinski definition) is 1. The van der Waals surface area contributed by atoms with E-state index >= 15 is 0 Å². The maximum Gasteiger partial charge on any atom is 0.339 e. The Bertz CT molecular complexity index is 499. The average Bonchev–Trinajstić information content (AvgIpc) is 2.50. The van der Waals surface area contributed by atoms with Gasteiger partial charge in [-0.05, 0) is 52.7 Å². The van der Waals surface area contributed by atoms with Crippen molar-refractivity contribution in [3.8, 4) is 0 Å². The van der Waals surface area contributed by atoms with E-state index in [1.807, 2.05) is 13.8 Å². The zero-order valence-corrected chi connectivity index (χ0v) is 15.7. The lowest BCUT2D eigenvalue weighted by Crippen LogP contribution is -2.51. The van der Waals surface area contributed by atoms with E-state index in [1.165, 1.54) is 6.20 Å². The molecule has 1 N–H and O–H groups in total. The Kier molecular flexibility index (Phi) is 8.32. The first kappa shape index (κ1) is 20.6. The summed E-state index contributed by atoms with van der Waals surface area (Å²) in [6.45, 7) is 7.21. The molecule has 0 aromatic rings. The van der Waals surface area contributed by atoms with Crippen molar-refractivity contribution in [2.45, 2.75) is 71.1 Å². The second kappa shape index (κ2) is 9.72. The van der Waals surface area contributed by atoms with Gasteiger partial charge in [-0.1, -0.05) is 12.8 Å². The minimum Gasteiger partial charge on any atom is -0.461 e. The van der Waals surface area contributed by atoms with Crippen molar-refractivity contribution in [1.82, 2.24) is 5.32 Å². The highest BCUT2D eigenvalue weighted by atomic mass is 35.5. The number of dihydropyridines is 1. The number of carbonyl (C=O) groups is 2. The van der Waals surface area contributed by atoms with E-state index in [9.17, 15) is 9.59 Å². The Morgan fingerprint density at radius 3 is 2.29 bits per heavy atom. The predicted octanol–water partition coefficient (Wildman–Crippen LogP) is 3.47. The summed E-state index contributed by atoms with van der Waals surface area (Å²) in [4.78, 5) is 24.5. The Morgan fingerprint density at radius 1 is 1.12 bits per heavy atom. The summed E-state index contributed by atoms with van der Waals surface area (Å²) in [5.74, 6) is -0.147. The summed E-state index contributed by atoms with van der Waals surface area (Å²) < 4.78 is 10.6. The van der Waals surface area contributed by atoms with Gasteiger partial charge in [-0.15, -0.1) is 11.6 Å². The summed E-state index contributed by atoms with van der Waals surface area (Å²) >= 11 is 5.70. The van der Waals surface area contributed by atoms with Crippen LogP contribution in [0.25, 0.3) is 0 Å². The molecule has 0 saturated carbocycles. The Labute approximate surface area is 149 Å². The maximum atomic E-state index is 12.5. The number of nitrogens with one attached hydrogen (secondary N) is 1. The predicted molar refractivity (Wildman–Crippen MR) is 94.7 cm³/mol. The Morgan fingerprint density at radius 2 is 1.79 bits per heavy atom. The van der Waals surface area contributed by atoms with Crippen LogP contribution in [-0.2, 0) is 19.1 Å². The third-order valence-corrected chi connectivity index (χ3v) is 3.79. The second-order valence-electron chi connectivity index (χ2n) is 6.46. The average molecular weight is 358 g/mol. The number of alkyl halides is 1. The summed E-state index contributed by atoms with van der Waals surface area (Å²) in [7, 11) is 0. The fraction of sp³-hybridized carbons (Fsp3) is 0.667. The van der Waals surface area contributed by atoms with E-state index in [0.717, 1.165) is 19.3 Å². The zero-order chi connectivity index (χ0) is 18.2. The third-order valence-electron chi connectivity index (χ3n) is 3.52. The van der Waals surface area contributed by atoms with E-state index in [-0.39, 0.29) is 18.2 Å². The lowest BCUT2D eigenvalue weighted by atomic mass is 9.89. The fourth-order valence-electron chi connectivity index (χ4n) is 2.32. The summed E-state index contributed by atoms with van der Waals surface area (Å²) in [6, 6.07) is 0. The van der Waals surface area contributed by atoms with Crippen LogP contribution < -0.4 is 5.32 Å². The van der Waals surface area contributed by atoms with Crippen LogP contribution in [0.4, 0.5) is 0 Å². The van der Waals surface area contributed by atoms with Gasteiger partial charge in [-0.25, -0.2) is 9.59 Å². The summed E-state index contributed by atoms with van der Waals surface area (Å²) in [6.07, 6.45) is 7.72. The molecule has 0 aliphatic carbocycles. The first-order chi connectivity index (χ1) is 11.3. The normalized spacial score (nSPS) is 19.9. The zero-order valence-electron chi connectivity index (χ0n) is 14.9. The van der Waals surface area contributed by atoms with Crippen LogP contribution in [0.2, 0.25) is 0 Å². The van der Waals surface area contributed by atoms with Crippen LogP contribution in [0, 0.1) is 0 Å². The standard InChI is InChI=1S/C18H28ClNO4/c1-13(2)23-16(21)15-8-10-18(20-12-15,9-6-5-7-11-19)17(22)24-14(3)4/h8,10,12-14,20H,5-7,9,11H2,1-4H3/t18-/m1/s1. The number of hydrogen-bond acceptors (Lipinski definition) is 5. The van der Waals surface area contributed by atoms with Gasteiger partial charge in [0.15, 0.2) is 5.54 Å². The van der Waals surface area contributed by atoms with Crippen LogP contribution in [0.15, 0.2) is 23.9 Å². The Balaban J connectivity index is 2.82. The molecule has 1 atom stereocenters. The fourth-order valence-corrected chi connectivity index (χ4v) is 2.51. The van der Waals surface area contributed by atoms with Crippen molar-refractivity contribution < 1.29 is 19.1 Å². The van der Waals surface area contributed by atoms with Crippen LogP contribution in [0.1, 0.15) is 53.4 Å². The summed E-state index contributed by atoms with van der Waals surface area (Å²) in [5.41, 5.74) is -0.560. The largest absolute Gasteiger partial charge is 0.461 e. The number of ether oxygens (including phenoxy) is 2. The van der Waals surface area contributed by atoms with E-state index in [2.05, 4.69) is 5.32 Å². The molecule has 136 valence electrons. The van der Waals surface area contributed by atoms with Gasteiger partial charge in [-0.2, -0.15) is 0 Å². The molecule has 0 saturated heterocycles. The molecule has 0 fully saturated rings. The SMILES string of the molecule is CC(C)OC(=O)C1=CN[C@@](CCCCCCl)(C(=O)OC(C)C)C=C1. The van der Waals surface area contributed by atoms with E-state index in [0.29, 0.717) is 17.9 Å². The van der Waals surface area contributed by atoms with Crippen LogP contribution in [-0.4, -0.2) is 35.6 Å². The molecule has 0 spiro atoms. The molecular formula is C18H28ClNO4. The van der Waals surface area contributed by atoms with Gasteiger partial charge in [-0.3, -0.25) is 0 Å². The molecule has 24 heavy (non-hydrogen) atoms. The molecule has 0 aromatic heterocycles. The Hall–Kier alpha value is -1.49. The number of rotatable bonds is 9. The maximum absolute atomic E-state index is 12.5. The molecule has 0 bridgehead atoms. The molecule has 6 heteroatoms. The molecule has 1 rings (SSSR count). The van der Waals surface area contributed by atoms with E-state index < -0.39 is 11.5 Å². The topological polar surface area (TPSA) is 64.6 Å². The lowest BCUT2D eigenvalue weighted by molar-refractivity contribution is -0.153. The minimum atomic E-state index is -0.946. The van der Waals surface area contributed by atoms with Gasteiger partial charge in [0.05, 0.1) is 17.8 Å². The van der Waals surface area contributed by atoms with Crippen molar-refractivity contribution in [2.24, 2.45) is 0 Å². The van der Waals surface area contributed by atoms with Crippen molar-refractivity contribution in [2.75, 3.05) is 5.88 Å². The van der Waals surface area contributed by atoms with Crippen LogP contribution in [0.3, 0.4) is 0 Å². The van der Waals surface area contributed by atoms with Gasteiger partial charge in [0.1, 0.15) is 0 Å². The number of esters is 2. The molecule has 0 amide bonds. The van der Waals surface area contributed by atoms with Crippen molar-refractivity contribution in [3.05, 3.63) is 23.9 Å². The molecule has 1 aliphatic rings. The lowest BCUT2D eigenvalue weighted by Gasteiger charge is -2.32. The molecule has 5 nitrogen and oxygen atoms in total. The smallest absolute Gasteiger partial charge is 0.339 e. The highest BCUT2D eigenvalue weighted by Gasteiger charge is 2.38. The van der Waals surface area contributed by atoms with Crippen molar-refractivity contribution >= 4 is 23.5 Å². The monoisotopic (exact) mass is 357 g/mol. The quantitative estimate of drug-likeness (QED) is 0.389. The van der Waals surface area contributed by atoms with Crippen molar-refractivity contribution in [3.63, 3.8) is 0 Å². The van der Waals surface area contributed by atoms with Crippen LogP contribution >= 0.6 is 11.6 Å². The van der Waals surface area contributed by atoms with Gasteiger partial charge < -0.3 is 14.8 Å². The minimum absolute atomic E-state index is 0.194. The number of unbranched alkanes of at least 4 members (excludes halogenated alkanes) is 2. The molecule has 0 unspecified atom stereocenters. The second-order valence-corrected chi connectivity index (χ2v) is 6.83. The molecule has 1 aliphatic heterocycles. The number of halogens is 1. The molecule has 0 radical (unpaired) electrons. The van der Waals surface area contributed by atoms with Gasteiger partial charge >= 0.3 is 11.9 Å². The first-order valence-corrected chi connectivity index (χ1v) is 8.99. The third kappa shape index (κ3) is 6.19. The first-order valence-electron chi connectivity index (χ1n) is 8.46. The van der Waals surface area contributed by atoms with Gasteiger partial charge in [0.25, 0.3) is 0 Å².